The molecule has 4 aliphatic carbocycles. The summed E-state index contributed by atoms with van der Waals surface area (Å²) in [5.41, 5.74) is 28.8. The molecule has 12 atom stereocenters. The Balaban J connectivity index is 0.935. The minimum Gasteiger partial charge on any atom is -0.139 e. The van der Waals surface area contributed by atoms with Crippen LogP contribution in [-0.4, -0.2) is 8.07 Å². The van der Waals surface area contributed by atoms with Gasteiger partial charge in [-0.25, -0.2) is 0 Å². The number of fused-ring (bicyclic) bond motifs is 10. The van der Waals surface area contributed by atoms with Gasteiger partial charge in [0.05, 0.1) is 8.07 Å². The van der Waals surface area contributed by atoms with E-state index in [0.717, 1.165) is 45.8 Å². The van der Waals surface area contributed by atoms with Gasteiger partial charge in [-0.3, -0.25) is 0 Å². The van der Waals surface area contributed by atoms with Crippen LogP contribution in [0, 0.1) is 162 Å². The van der Waals surface area contributed by atoms with E-state index in [1.807, 2.05) is 0 Å². The van der Waals surface area contributed by atoms with E-state index >= 15 is 0 Å². The molecule has 0 nitrogen and oxygen atoms in total. The fourth-order valence-corrected chi connectivity index (χ4v) is 42.6. The molecule has 12 unspecified atom stereocenters. The number of hydrogen-bond acceptors (Lipinski definition) is 8. The first-order chi connectivity index (χ1) is 40.4. The van der Waals surface area contributed by atoms with Gasteiger partial charge in [0.1, 0.15) is 0 Å². The van der Waals surface area contributed by atoms with Crippen molar-refractivity contribution in [3.8, 4) is 39.0 Å². The molecule has 85 heavy (non-hydrogen) atoms. The van der Waals surface area contributed by atoms with Crippen LogP contribution in [0.15, 0.2) is 0 Å². The van der Waals surface area contributed by atoms with Gasteiger partial charge in [-0.15, -0.1) is 90.7 Å². The zero-order valence-electron chi connectivity index (χ0n) is 55.2. The van der Waals surface area contributed by atoms with Crippen LogP contribution < -0.4 is 0 Å². The third-order valence-corrected chi connectivity index (χ3v) is 46.2. The van der Waals surface area contributed by atoms with Gasteiger partial charge in [0, 0.05) is 78.0 Å². The lowest BCUT2D eigenvalue weighted by molar-refractivity contribution is 0.206. The molecular formula is C76H96S8Si. The van der Waals surface area contributed by atoms with Crippen LogP contribution in [0.25, 0.3) is 39.0 Å². The van der Waals surface area contributed by atoms with Crippen molar-refractivity contribution in [3.05, 3.63) is 128 Å². The molecule has 14 rings (SSSR count). The van der Waals surface area contributed by atoms with Crippen LogP contribution in [0.1, 0.15) is 229 Å². The molecule has 4 saturated carbocycles. The molecule has 6 aliphatic rings. The first-order valence-corrected chi connectivity index (χ1v) is 41.9. The first kappa shape index (κ1) is 60.4. The summed E-state index contributed by atoms with van der Waals surface area (Å²) in [5, 5.41) is 0. The topological polar surface area (TPSA) is 0 Å². The summed E-state index contributed by atoms with van der Waals surface area (Å²) in [4.78, 5) is 25.9. The Morgan fingerprint density at radius 3 is 0.565 bits per heavy atom. The average molecular weight is 1290 g/mol. The van der Waals surface area contributed by atoms with Gasteiger partial charge in [-0.1, -0.05) is 0 Å². The highest BCUT2D eigenvalue weighted by Gasteiger charge is 2.74. The summed E-state index contributed by atoms with van der Waals surface area (Å²) in [6.45, 7) is 48.8. The van der Waals surface area contributed by atoms with Gasteiger partial charge >= 0.3 is 0 Å². The van der Waals surface area contributed by atoms with Crippen molar-refractivity contribution in [2.24, 2.45) is 23.7 Å². The Morgan fingerprint density at radius 1 is 0.212 bits per heavy atom. The van der Waals surface area contributed by atoms with E-state index in [1.54, 1.807) is 103 Å². The van der Waals surface area contributed by atoms with Crippen molar-refractivity contribution in [2.75, 3.05) is 0 Å². The summed E-state index contributed by atoms with van der Waals surface area (Å²) in [6.07, 6.45) is 17.5. The molecule has 0 N–H and O–H groups in total. The van der Waals surface area contributed by atoms with Crippen molar-refractivity contribution in [2.45, 2.75) is 261 Å². The maximum absolute atomic E-state index is 2.56. The van der Waals surface area contributed by atoms with Crippen LogP contribution >= 0.6 is 90.7 Å². The molecule has 0 amide bonds. The highest BCUT2D eigenvalue weighted by molar-refractivity contribution is 7.24. The lowest BCUT2D eigenvalue weighted by Gasteiger charge is -2.52. The Morgan fingerprint density at radius 2 is 0.388 bits per heavy atom. The summed E-state index contributed by atoms with van der Waals surface area (Å²) < 4.78 is 0. The minimum atomic E-state index is -2.19. The lowest BCUT2D eigenvalue weighted by atomic mass is 9.68. The molecule has 0 radical (unpaired) electrons. The second-order valence-electron chi connectivity index (χ2n) is 29.3. The molecular weight excluding hydrogens is 1200 g/mol. The van der Waals surface area contributed by atoms with Crippen LogP contribution in [-0.2, 0) is 0 Å². The van der Waals surface area contributed by atoms with E-state index in [0.29, 0.717) is 23.7 Å². The summed E-state index contributed by atoms with van der Waals surface area (Å²) in [7, 11) is -2.19. The number of rotatable bonds is 8. The van der Waals surface area contributed by atoms with Crippen molar-refractivity contribution in [1.82, 2.24) is 0 Å². The lowest BCUT2D eigenvalue weighted by Crippen LogP contribution is -2.51. The predicted molar refractivity (Wildman–Crippen MR) is 386 cm³/mol. The Labute approximate surface area is 545 Å². The van der Waals surface area contributed by atoms with Gasteiger partial charge in [0.25, 0.3) is 0 Å². The second kappa shape index (κ2) is 22.0. The minimum absolute atomic E-state index is 0.694. The standard InChI is InChI=1S/C76H96S8Si/c1-33-37(5)69(77-49(33)17)73-45(13)41(9)65(81-73)53-21-25-57-58-26-22-54(66-42(10)46(14)74(82-66)70-38(6)34(2)50(18)78-70)30-62(58)85(61(57)29-53)63-31-55(67-43(11)47(15)75(83-67)71-39(7)35(3)51(19)79-71)23-27-59(63)60-28-24-56(32-64(60)85)68-44(12)48(16)76(84-68)72-40(8)36(4)52(20)80-72/h53-64H,21-32H2,1-20H3. The van der Waals surface area contributed by atoms with E-state index in [2.05, 4.69) is 229 Å². The van der Waals surface area contributed by atoms with E-state index in [-0.39, 0.29) is 0 Å². The monoisotopic (exact) mass is 1290 g/mol. The smallest absolute Gasteiger partial charge is 0.0672 e. The number of aryl methyl sites for hydroxylation is 4. The number of thiophene rings is 8. The van der Waals surface area contributed by atoms with Gasteiger partial charge in [-0.05, 0) is 374 Å². The highest BCUT2D eigenvalue weighted by atomic mass is 32.1. The maximum Gasteiger partial charge on any atom is 0.0672 e. The molecule has 452 valence electrons. The molecule has 6 fully saturated rings. The fraction of sp³-hybridized carbons (Fsp3) is 0.579. The zero-order valence-corrected chi connectivity index (χ0v) is 62.7. The molecule has 1 spiro atoms. The predicted octanol–water partition coefficient (Wildman–Crippen LogP) is 26.6. The van der Waals surface area contributed by atoms with Gasteiger partial charge in [0.15, 0.2) is 0 Å². The summed E-state index contributed by atoms with van der Waals surface area (Å²) in [5.74, 6) is 6.43. The third-order valence-electron chi connectivity index (χ3n) is 26.3. The molecule has 0 bridgehead atoms. The van der Waals surface area contributed by atoms with E-state index in [1.165, 1.54) is 141 Å². The van der Waals surface area contributed by atoms with Crippen LogP contribution in [0.4, 0.5) is 0 Å². The molecule has 0 aromatic carbocycles. The summed E-state index contributed by atoms with van der Waals surface area (Å²) in [6, 6.07) is 0. The van der Waals surface area contributed by atoms with Crippen molar-refractivity contribution >= 4 is 98.8 Å². The first-order valence-electron chi connectivity index (χ1n) is 33.1. The highest BCUT2D eigenvalue weighted by Crippen LogP contribution is 2.82. The average Bonchev–Trinajstić information content (AvgIpc) is 1.51. The normalized spacial score (nSPS) is 29.1. The van der Waals surface area contributed by atoms with Crippen LogP contribution in [0.3, 0.4) is 0 Å². The molecule has 2 aliphatic heterocycles. The Hall–Kier alpha value is -2.18. The van der Waals surface area contributed by atoms with Gasteiger partial charge in [0.2, 0.25) is 0 Å². The molecule has 2 saturated heterocycles. The molecule has 8 aromatic heterocycles. The molecule has 8 aromatic rings. The van der Waals surface area contributed by atoms with Crippen molar-refractivity contribution in [1.29, 1.82) is 0 Å². The van der Waals surface area contributed by atoms with Crippen molar-refractivity contribution < 1.29 is 0 Å². The zero-order chi connectivity index (χ0) is 60.0. The van der Waals surface area contributed by atoms with E-state index in [9.17, 15) is 0 Å². The van der Waals surface area contributed by atoms with E-state index < -0.39 is 8.07 Å². The largest absolute Gasteiger partial charge is 0.139 e. The quantitative estimate of drug-likeness (QED) is 0.133. The van der Waals surface area contributed by atoms with E-state index in [4.69, 9.17) is 0 Å². The number of hydrogen-bond donors (Lipinski definition) is 0. The van der Waals surface area contributed by atoms with Gasteiger partial charge < -0.3 is 0 Å². The second-order valence-corrected chi connectivity index (χ2v) is 43.3. The molecule has 10 heterocycles. The van der Waals surface area contributed by atoms with Crippen LogP contribution in [0.2, 0.25) is 22.2 Å². The SMILES string of the molecule is Cc1sc(-c2sc(C3CCC4C5CCC(c6sc(-c7sc(C)c(C)c7C)c(C)c6C)CC5[Si]5(C4C3)C3CC(c4sc(-c6sc(C)c(C)c6C)c(C)c4C)CCC3C3CCC(c4sc(-c6sc(C)c(C)c6C)c(C)c4C)CC35)c(C)c2C)c(C)c1C. The molecule has 9 heteroatoms. The van der Waals surface area contributed by atoms with Gasteiger partial charge in [-0.2, -0.15) is 0 Å². The summed E-state index contributed by atoms with van der Waals surface area (Å²) >= 11 is 17.4. The fourth-order valence-electron chi connectivity index (χ4n) is 20.5. The van der Waals surface area contributed by atoms with Crippen molar-refractivity contribution in [3.63, 3.8) is 0 Å². The maximum atomic E-state index is 2.56. The third kappa shape index (κ3) is 8.91. The Kier molecular flexibility index (Phi) is 15.6. The van der Waals surface area contributed by atoms with Crippen LogP contribution in [0.5, 0.6) is 0 Å². The Bertz CT molecular complexity index is 3470.